The van der Waals surface area contributed by atoms with E-state index < -0.39 is 0 Å². The molecule has 1 fully saturated rings. The Morgan fingerprint density at radius 3 is 2.50 bits per heavy atom. The lowest BCUT2D eigenvalue weighted by molar-refractivity contribution is -0.118. The zero-order valence-corrected chi connectivity index (χ0v) is 12.2. The molecule has 1 aliphatic heterocycles. The van der Waals surface area contributed by atoms with E-state index in [-0.39, 0.29) is 6.29 Å². The van der Waals surface area contributed by atoms with Gasteiger partial charge in [0.25, 0.3) is 0 Å². The Hall–Kier alpha value is -0.160. The molecule has 4 nitrogen and oxygen atoms in total. The third-order valence-electron chi connectivity index (χ3n) is 4.13. The van der Waals surface area contributed by atoms with Crippen molar-refractivity contribution >= 4 is 0 Å². The van der Waals surface area contributed by atoms with Crippen LogP contribution in [0.15, 0.2) is 0 Å². The molecule has 0 aromatic carbocycles. The molecule has 4 heteroatoms. The van der Waals surface area contributed by atoms with Crippen LogP contribution in [0.25, 0.3) is 0 Å². The average Bonchev–Trinajstić information content (AvgIpc) is 2.65. The number of rotatable bonds is 7. The first-order valence-corrected chi connectivity index (χ1v) is 7.28. The Labute approximate surface area is 112 Å². The third-order valence-corrected chi connectivity index (χ3v) is 4.13. The molecule has 2 N–H and O–H groups in total. The highest BCUT2D eigenvalue weighted by atomic mass is 16.7. The normalized spacial score (nSPS) is 24.2. The van der Waals surface area contributed by atoms with Crippen molar-refractivity contribution in [3.63, 3.8) is 0 Å². The Bertz CT molecular complexity index is 210. The lowest BCUT2D eigenvalue weighted by Crippen LogP contribution is -2.48. The van der Waals surface area contributed by atoms with E-state index in [0.29, 0.717) is 18.6 Å². The molecule has 1 rings (SSSR count). The zero-order chi connectivity index (χ0) is 13.4. The summed E-state index contributed by atoms with van der Waals surface area (Å²) in [5, 5.41) is 0. The van der Waals surface area contributed by atoms with E-state index in [1.165, 1.54) is 38.6 Å². The summed E-state index contributed by atoms with van der Waals surface area (Å²) >= 11 is 0. The van der Waals surface area contributed by atoms with Crippen molar-refractivity contribution in [3.05, 3.63) is 0 Å². The van der Waals surface area contributed by atoms with Crippen molar-refractivity contribution < 1.29 is 9.47 Å². The second-order valence-electron chi connectivity index (χ2n) is 5.18. The van der Waals surface area contributed by atoms with Crippen LogP contribution in [0, 0.1) is 0 Å². The quantitative estimate of drug-likeness (QED) is 0.709. The van der Waals surface area contributed by atoms with Crippen molar-refractivity contribution in [3.8, 4) is 0 Å². The SMILES string of the molecule is CCC1CCCCCN1C(CN)CC(OC)OC. The first kappa shape index (κ1) is 15.9. The van der Waals surface area contributed by atoms with Crippen LogP contribution in [0.5, 0.6) is 0 Å². The summed E-state index contributed by atoms with van der Waals surface area (Å²) in [4.78, 5) is 2.60. The molecule has 0 aromatic rings. The smallest absolute Gasteiger partial charge is 0.158 e. The fourth-order valence-corrected chi connectivity index (χ4v) is 3.00. The van der Waals surface area contributed by atoms with Crippen LogP contribution < -0.4 is 5.73 Å². The van der Waals surface area contributed by atoms with Gasteiger partial charge in [-0.1, -0.05) is 19.8 Å². The second-order valence-corrected chi connectivity index (χ2v) is 5.18. The van der Waals surface area contributed by atoms with Crippen LogP contribution in [0.4, 0.5) is 0 Å². The van der Waals surface area contributed by atoms with Gasteiger partial charge >= 0.3 is 0 Å². The minimum atomic E-state index is -0.140. The lowest BCUT2D eigenvalue weighted by atomic mass is 10.0. The molecular formula is C14H30N2O2. The molecule has 0 bridgehead atoms. The number of nitrogens with zero attached hydrogens (tertiary/aromatic N) is 1. The highest BCUT2D eigenvalue weighted by Gasteiger charge is 2.27. The minimum Gasteiger partial charge on any atom is -0.356 e. The monoisotopic (exact) mass is 258 g/mol. The molecule has 0 aliphatic carbocycles. The molecule has 2 unspecified atom stereocenters. The summed E-state index contributed by atoms with van der Waals surface area (Å²) in [6.07, 6.45) is 7.22. The molecule has 0 amide bonds. The van der Waals surface area contributed by atoms with Crippen LogP contribution in [0.2, 0.25) is 0 Å². The highest BCUT2D eigenvalue weighted by molar-refractivity contribution is 4.82. The van der Waals surface area contributed by atoms with Crippen molar-refractivity contribution in [2.75, 3.05) is 27.3 Å². The highest BCUT2D eigenvalue weighted by Crippen LogP contribution is 2.23. The van der Waals surface area contributed by atoms with E-state index >= 15 is 0 Å². The molecule has 1 aliphatic rings. The van der Waals surface area contributed by atoms with Crippen LogP contribution in [0.1, 0.15) is 45.4 Å². The molecular weight excluding hydrogens is 228 g/mol. The lowest BCUT2D eigenvalue weighted by Gasteiger charge is -2.37. The topological polar surface area (TPSA) is 47.7 Å². The van der Waals surface area contributed by atoms with Crippen LogP contribution >= 0.6 is 0 Å². The molecule has 2 atom stereocenters. The summed E-state index contributed by atoms with van der Waals surface area (Å²) < 4.78 is 10.6. The maximum absolute atomic E-state index is 5.98. The Kier molecular flexibility index (Phi) is 7.82. The van der Waals surface area contributed by atoms with Gasteiger partial charge in [0.15, 0.2) is 6.29 Å². The average molecular weight is 258 g/mol. The van der Waals surface area contributed by atoms with Gasteiger partial charge in [0.2, 0.25) is 0 Å². The first-order chi connectivity index (χ1) is 8.76. The van der Waals surface area contributed by atoms with Crippen molar-refractivity contribution in [2.24, 2.45) is 5.73 Å². The van der Waals surface area contributed by atoms with Gasteiger partial charge in [0.05, 0.1) is 0 Å². The van der Waals surface area contributed by atoms with Gasteiger partial charge in [0.1, 0.15) is 0 Å². The number of nitrogens with two attached hydrogens (primary N) is 1. The molecule has 0 aromatic heterocycles. The first-order valence-electron chi connectivity index (χ1n) is 7.28. The van der Waals surface area contributed by atoms with Gasteiger partial charge in [-0.2, -0.15) is 0 Å². The van der Waals surface area contributed by atoms with E-state index in [2.05, 4.69) is 11.8 Å². The Morgan fingerprint density at radius 2 is 1.94 bits per heavy atom. The fraction of sp³-hybridized carbons (Fsp3) is 1.00. The summed E-state index contributed by atoms with van der Waals surface area (Å²) in [6, 6.07) is 1.05. The van der Waals surface area contributed by atoms with Gasteiger partial charge in [0, 0.05) is 39.3 Å². The molecule has 108 valence electrons. The van der Waals surface area contributed by atoms with E-state index in [4.69, 9.17) is 15.2 Å². The minimum absolute atomic E-state index is 0.140. The zero-order valence-electron chi connectivity index (χ0n) is 12.2. The number of ether oxygens (including phenoxy) is 2. The summed E-state index contributed by atoms with van der Waals surface area (Å²) in [7, 11) is 3.39. The summed E-state index contributed by atoms with van der Waals surface area (Å²) in [6.45, 7) is 4.13. The van der Waals surface area contributed by atoms with Crippen LogP contribution in [0.3, 0.4) is 0 Å². The molecule has 18 heavy (non-hydrogen) atoms. The predicted molar refractivity (Wildman–Crippen MR) is 74.5 cm³/mol. The van der Waals surface area contributed by atoms with E-state index in [1.54, 1.807) is 14.2 Å². The second kappa shape index (κ2) is 8.86. The van der Waals surface area contributed by atoms with Gasteiger partial charge < -0.3 is 15.2 Å². The van der Waals surface area contributed by atoms with E-state index in [1.807, 2.05) is 0 Å². The third kappa shape index (κ3) is 4.50. The molecule has 0 spiro atoms. The van der Waals surface area contributed by atoms with E-state index in [0.717, 1.165) is 6.42 Å². The molecule has 1 saturated heterocycles. The van der Waals surface area contributed by atoms with Crippen LogP contribution in [-0.4, -0.2) is 50.6 Å². The van der Waals surface area contributed by atoms with Gasteiger partial charge in [-0.3, -0.25) is 4.90 Å². The van der Waals surface area contributed by atoms with Crippen molar-refractivity contribution in [1.29, 1.82) is 0 Å². The van der Waals surface area contributed by atoms with Crippen molar-refractivity contribution in [1.82, 2.24) is 4.90 Å². The number of methoxy groups -OCH3 is 2. The molecule has 0 saturated carbocycles. The Morgan fingerprint density at radius 1 is 1.22 bits per heavy atom. The van der Waals surface area contributed by atoms with Gasteiger partial charge in [-0.25, -0.2) is 0 Å². The van der Waals surface area contributed by atoms with E-state index in [9.17, 15) is 0 Å². The number of likely N-dealkylation sites (tertiary alicyclic amines) is 1. The maximum atomic E-state index is 5.98. The standard InChI is InChI=1S/C14H30N2O2/c1-4-12-8-6-5-7-9-16(12)13(11-15)10-14(17-2)18-3/h12-14H,4-11,15H2,1-3H3. The molecule has 0 radical (unpaired) electrons. The fourth-order valence-electron chi connectivity index (χ4n) is 3.00. The van der Waals surface area contributed by atoms with Gasteiger partial charge in [-0.15, -0.1) is 0 Å². The number of hydrogen-bond acceptors (Lipinski definition) is 4. The number of hydrogen-bond donors (Lipinski definition) is 1. The Balaban J connectivity index is 2.64. The summed E-state index contributed by atoms with van der Waals surface area (Å²) in [5.41, 5.74) is 5.98. The summed E-state index contributed by atoms with van der Waals surface area (Å²) in [5.74, 6) is 0. The van der Waals surface area contributed by atoms with Crippen molar-refractivity contribution in [2.45, 2.75) is 63.8 Å². The predicted octanol–water partition coefficient (Wildman–Crippen LogP) is 1.98. The largest absolute Gasteiger partial charge is 0.356 e. The van der Waals surface area contributed by atoms with Crippen LogP contribution in [-0.2, 0) is 9.47 Å². The van der Waals surface area contributed by atoms with Gasteiger partial charge in [-0.05, 0) is 25.8 Å². The molecule has 1 heterocycles. The maximum Gasteiger partial charge on any atom is 0.158 e.